The smallest absolute Gasteiger partial charge is 0.341 e. The van der Waals surface area contributed by atoms with E-state index in [-0.39, 0.29) is 42.0 Å². The van der Waals surface area contributed by atoms with Crippen LogP contribution in [0.4, 0.5) is 0 Å². The summed E-state index contributed by atoms with van der Waals surface area (Å²) in [5.74, 6) is -2.05. The van der Waals surface area contributed by atoms with Gasteiger partial charge in [-0.15, -0.1) is 0 Å². The Kier molecular flexibility index (Phi) is 7.58. The first kappa shape index (κ1) is 25.2. The minimum Gasteiger partial charge on any atom is -0.487 e. The fourth-order valence-corrected chi connectivity index (χ4v) is 4.86. The molecule has 1 aromatic heterocycles. The number of ether oxygens (including phenoxy) is 1. The van der Waals surface area contributed by atoms with Gasteiger partial charge in [-0.25, -0.2) is 4.79 Å². The van der Waals surface area contributed by atoms with Crippen molar-refractivity contribution in [1.82, 2.24) is 9.47 Å². The van der Waals surface area contributed by atoms with Crippen LogP contribution in [0.1, 0.15) is 77.5 Å². The molecule has 0 aliphatic carbocycles. The molecule has 1 aliphatic rings. The van der Waals surface area contributed by atoms with Gasteiger partial charge in [-0.1, -0.05) is 74.0 Å². The van der Waals surface area contributed by atoms with E-state index in [2.05, 4.69) is 0 Å². The molecule has 1 aliphatic heterocycles. The van der Waals surface area contributed by atoms with Gasteiger partial charge >= 0.3 is 5.97 Å². The van der Waals surface area contributed by atoms with Gasteiger partial charge in [0, 0.05) is 24.7 Å². The second-order valence-electron chi connectivity index (χ2n) is 9.38. The van der Waals surface area contributed by atoms with Crippen LogP contribution in [0.5, 0.6) is 5.75 Å². The van der Waals surface area contributed by atoms with Crippen LogP contribution in [-0.2, 0) is 0 Å². The summed E-state index contributed by atoms with van der Waals surface area (Å²) < 4.78 is 7.54. The predicted molar refractivity (Wildman–Crippen MR) is 138 cm³/mol. The SMILES string of the molecule is CCCCOc1c2n(cc(C(=O)O)c1=O)[C@@H](C(c1ccccc1)c1ccccc1)CN(C(C)C)C2=O. The van der Waals surface area contributed by atoms with Crippen molar-refractivity contribution in [1.29, 1.82) is 0 Å². The molecule has 36 heavy (non-hydrogen) atoms. The monoisotopic (exact) mass is 488 g/mol. The molecule has 1 amide bonds. The molecule has 188 valence electrons. The molecule has 7 heteroatoms. The molecule has 0 saturated carbocycles. The largest absolute Gasteiger partial charge is 0.487 e. The number of rotatable bonds is 9. The van der Waals surface area contributed by atoms with Crippen LogP contribution >= 0.6 is 0 Å². The zero-order chi connectivity index (χ0) is 25.8. The van der Waals surface area contributed by atoms with Crippen LogP contribution in [0.2, 0.25) is 0 Å². The van der Waals surface area contributed by atoms with Crippen molar-refractivity contribution in [3.63, 3.8) is 0 Å². The molecule has 0 radical (unpaired) electrons. The van der Waals surface area contributed by atoms with Crippen LogP contribution in [0.15, 0.2) is 71.7 Å². The van der Waals surface area contributed by atoms with Crippen molar-refractivity contribution in [2.45, 2.75) is 51.6 Å². The Morgan fingerprint density at radius 1 is 1.03 bits per heavy atom. The summed E-state index contributed by atoms with van der Waals surface area (Å²) in [6.45, 7) is 6.44. The molecule has 7 nitrogen and oxygen atoms in total. The first-order chi connectivity index (χ1) is 17.3. The second kappa shape index (κ2) is 10.8. The van der Waals surface area contributed by atoms with E-state index in [1.165, 1.54) is 6.20 Å². The van der Waals surface area contributed by atoms with Gasteiger partial charge in [0.25, 0.3) is 5.91 Å². The molecular formula is C29H32N2O5. The zero-order valence-corrected chi connectivity index (χ0v) is 20.9. The Labute approximate surface area is 211 Å². The van der Waals surface area contributed by atoms with Gasteiger partial charge in [-0.2, -0.15) is 0 Å². The van der Waals surface area contributed by atoms with E-state index in [0.717, 1.165) is 17.5 Å². The Morgan fingerprint density at radius 3 is 2.11 bits per heavy atom. The van der Waals surface area contributed by atoms with Crippen molar-refractivity contribution >= 4 is 11.9 Å². The first-order valence-electron chi connectivity index (χ1n) is 12.4. The Hall–Kier alpha value is -3.87. The van der Waals surface area contributed by atoms with Gasteiger partial charge < -0.3 is 19.3 Å². The number of fused-ring (bicyclic) bond motifs is 1. The lowest BCUT2D eigenvalue weighted by Crippen LogP contribution is -2.49. The number of hydrogen-bond acceptors (Lipinski definition) is 4. The van der Waals surface area contributed by atoms with Crippen molar-refractivity contribution < 1.29 is 19.4 Å². The zero-order valence-electron chi connectivity index (χ0n) is 20.9. The summed E-state index contributed by atoms with van der Waals surface area (Å²) in [6, 6.07) is 19.4. The van der Waals surface area contributed by atoms with Gasteiger partial charge in [-0.05, 0) is 31.4 Å². The van der Waals surface area contributed by atoms with Gasteiger partial charge in [0.05, 0.1) is 12.6 Å². The van der Waals surface area contributed by atoms with Gasteiger partial charge in [0.15, 0.2) is 11.4 Å². The third kappa shape index (κ3) is 4.78. The van der Waals surface area contributed by atoms with E-state index in [1.54, 1.807) is 9.47 Å². The van der Waals surface area contributed by atoms with Gasteiger partial charge in [-0.3, -0.25) is 9.59 Å². The summed E-state index contributed by atoms with van der Waals surface area (Å²) in [7, 11) is 0. The molecule has 0 fully saturated rings. The lowest BCUT2D eigenvalue weighted by Gasteiger charge is -2.42. The summed E-state index contributed by atoms with van der Waals surface area (Å²) >= 11 is 0. The maximum absolute atomic E-state index is 13.7. The fourth-order valence-electron chi connectivity index (χ4n) is 4.86. The topological polar surface area (TPSA) is 88.8 Å². The predicted octanol–water partition coefficient (Wildman–Crippen LogP) is 4.96. The number of hydrogen-bond donors (Lipinski definition) is 1. The number of unbranched alkanes of at least 4 members (excludes halogenated alkanes) is 1. The Balaban J connectivity index is 2.01. The number of aromatic carboxylic acids is 1. The highest BCUT2D eigenvalue weighted by atomic mass is 16.5. The van der Waals surface area contributed by atoms with Crippen LogP contribution < -0.4 is 10.2 Å². The van der Waals surface area contributed by atoms with E-state index >= 15 is 0 Å². The third-order valence-corrected chi connectivity index (χ3v) is 6.70. The van der Waals surface area contributed by atoms with Crippen molar-refractivity contribution in [3.05, 3.63) is 99.5 Å². The molecule has 4 rings (SSSR count). The molecule has 1 atom stereocenters. The number of carboxylic acid groups (broad SMARTS) is 1. The number of benzene rings is 2. The number of carboxylic acids is 1. The quantitative estimate of drug-likeness (QED) is 0.430. The van der Waals surface area contributed by atoms with Gasteiger partial charge in [0.1, 0.15) is 5.56 Å². The fraction of sp³-hybridized carbons (Fsp3) is 0.345. The third-order valence-electron chi connectivity index (χ3n) is 6.70. The van der Waals surface area contributed by atoms with E-state index in [4.69, 9.17) is 4.74 Å². The molecule has 0 bridgehead atoms. The van der Waals surface area contributed by atoms with Crippen LogP contribution in [0.3, 0.4) is 0 Å². The van der Waals surface area contributed by atoms with Crippen molar-refractivity contribution in [3.8, 4) is 5.75 Å². The second-order valence-corrected chi connectivity index (χ2v) is 9.38. The van der Waals surface area contributed by atoms with E-state index in [1.807, 2.05) is 81.4 Å². The van der Waals surface area contributed by atoms with Gasteiger partial charge in [0.2, 0.25) is 5.43 Å². The first-order valence-corrected chi connectivity index (χ1v) is 12.4. The number of amides is 1. The van der Waals surface area contributed by atoms with E-state index in [9.17, 15) is 19.5 Å². The Bertz CT molecular complexity index is 1240. The minimum atomic E-state index is -1.34. The highest BCUT2D eigenvalue weighted by Gasteiger charge is 2.41. The molecule has 0 unspecified atom stereocenters. The average Bonchev–Trinajstić information content (AvgIpc) is 2.87. The molecular weight excluding hydrogens is 456 g/mol. The standard InChI is InChI=1S/C29H32N2O5/c1-4-5-16-36-27-25-28(33)30(19(2)3)18-23(31(25)17-22(26(27)32)29(34)35)24(20-12-8-6-9-13-20)21-14-10-7-11-15-21/h6-15,17,19,23-24H,4-5,16,18H2,1-3H3,(H,34,35)/t23-/m1/s1. The summed E-state index contributed by atoms with van der Waals surface area (Å²) in [4.78, 5) is 40.8. The average molecular weight is 489 g/mol. The summed E-state index contributed by atoms with van der Waals surface area (Å²) in [6.07, 6.45) is 2.84. The number of carbonyl (C=O) groups excluding carboxylic acids is 1. The van der Waals surface area contributed by atoms with Crippen molar-refractivity contribution in [2.75, 3.05) is 13.2 Å². The summed E-state index contributed by atoms with van der Waals surface area (Å²) in [5, 5.41) is 9.86. The normalized spacial score (nSPS) is 15.3. The highest BCUT2D eigenvalue weighted by Crippen LogP contribution is 2.40. The highest BCUT2D eigenvalue weighted by molar-refractivity contribution is 5.98. The molecule has 0 saturated heterocycles. The summed E-state index contributed by atoms with van der Waals surface area (Å²) in [5.41, 5.74) is 1.01. The molecule has 0 spiro atoms. The molecule has 3 aromatic rings. The molecule has 1 N–H and O–H groups in total. The lowest BCUT2D eigenvalue weighted by molar-refractivity contribution is 0.0577. The maximum Gasteiger partial charge on any atom is 0.341 e. The minimum absolute atomic E-state index is 0.114. The number of aromatic nitrogens is 1. The van der Waals surface area contributed by atoms with E-state index < -0.39 is 17.0 Å². The van der Waals surface area contributed by atoms with Crippen LogP contribution in [-0.4, -0.2) is 45.6 Å². The molecule has 2 heterocycles. The lowest BCUT2D eigenvalue weighted by atomic mass is 9.83. The van der Waals surface area contributed by atoms with Crippen molar-refractivity contribution in [2.24, 2.45) is 0 Å². The number of carbonyl (C=O) groups is 2. The molecule has 2 aromatic carbocycles. The van der Waals surface area contributed by atoms with Crippen LogP contribution in [0, 0.1) is 0 Å². The maximum atomic E-state index is 13.7. The van der Waals surface area contributed by atoms with Crippen LogP contribution in [0.25, 0.3) is 0 Å². The Morgan fingerprint density at radius 2 is 1.61 bits per heavy atom. The van der Waals surface area contributed by atoms with E-state index in [0.29, 0.717) is 13.0 Å². The number of nitrogens with zero attached hydrogens (tertiary/aromatic N) is 2. The number of pyridine rings is 1.